The van der Waals surface area contributed by atoms with Crippen LogP contribution in [0.2, 0.25) is 0 Å². The fourth-order valence-electron chi connectivity index (χ4n) is 5.34. The zero-order chi connectivity index (χ0) is 26.4. The number of hydrogen-bond acceptors (Lipinski definition) is 6. The lowest BCUT2D eigenvalue weighted by molar-refractivity contribution is 0.174. The van der Waals surface area contributed by atoms with Gasteiger partial charge in [0.2, 0.25) is 16.8 Å². The molecule has 2 aromatic rings. The zero-order valence-electron chi connectivity index (χ0n) is 22.1. The van der Waals surface area contributed by atoms with Crippen LogP contribution in [0.4, 0.5) is 4.39 Å². The fraction of sp³-hybridized carbons (Fsp3) is 0.571. The number of hydrogen-bond donors (Lipinski definition) is 0. The van der Waals surface area contributed by atoms with Crippen LogP contribution in [-0.4, -0.2) is 63.5 Å². The normalized spacial score (nSPS) is 19.6. The second kappa shape index (κ2) is 12.5. The van der Waals surface area contributed by atoms with Crippen molar-refractivity contribution in [3.8, 4) is 17.2 Å². The minimum atomic E-state index is -3.32. The van der Waals surface area contributed by atoms with Crippen molar-refractivity contribution in [1.29, 1.82) is 0 Å². The summed E-state index contributed by atoms with van der Waals surface area (Å²) in [7, 11) is -1.86. The molecular weight excluding hydrogens is 495 g/mol. The largest absolute Gasteiger partial charge is 0.494 e. The van der Waals surface area contributed by atoms with Crippen LogP contribution in [-0.2, 0) is 10.0 Å². The van der Waals surface area contributed by atoms with Crippen LogP contribution < -0.4 is 14.2 Å². The van der Waals surface area contributed by atoms with E-state index >= 15 is 0 Å². The molecule has 4 rings (SSSR count). The summed E-state index contributed by atoms with van der Waals surface area (Å²) in [6.45, 7) is 6.55. The molecule has 9 heteroatoms. The van der Waals surface area contributed by atoms with Crippen LogP contribution in [0, 0.1) is 5.82 Å². The van der Waals surface area contributed by atoms with Crippen molar-refractivity contribution in [3.63, 3.8) is 0 Å². The fourth-order valence-corrected chi connectivity index (χ4v) is 6.99. The molecule has 0 spiro atoms. The number of benzene rings is 2. The quantitative estimate of drug-likeness (QED) is 0.324. The van der Waals surface area contributed by atoms with E-state index in [0.29, 0.717) is 26.1 Å². The number of sulfonamides is 1. The third kappa shape index (κ3) is 6.56. The zero-order valence-corrected chi connectivity index (χ0v) is 22.9. The van der Waals surface area contributed by atoms with E-state index < -0.39 is 15.8 Å². The Morgan fingerprint density at radius 3 is 2.54 bits per heavy atom. The van der Waals surface area contributed by atoms with Gasteiger partial charge in [0, 0.05) is 32.2 Å². The first kappa shape index (κ1) is 27.7. The van der Waals surface area contributed by atoms with Gasteiger partial charge in [-0.3, -0.25) is 4.90 Å². The van der Waals surface area contributed by atoms with E-state index in [1.165, 1.54) is 7.11 Å². The Morgan fingerprint density at radius 2 is 1.81 bits per heavy atom. The van der Waals surface area contributed by atoms with E-state index in [9.17, 15) is 12.8 Å². The van der Waals surface area contributed by atoms with E-state index in [0.717, 1.165) is 54.9 Å². The number of ether oxygens (including phenoxy) is 3. The number of halogens is 1. The molecule has 2 aliphatic rings. The summed E-state index contributed by atoms with van der Waals surface area (Å²) in [5.74, 6) is 1.70. The molecule has 7 nitrogen and oxygen atoms in total. The van der Waals surface area contributed by atoms with Crippen LogP contribution >= 0.6 is 0 Å². The lowest BCUT2D eigenvalue weighted by Gasteiger charge is -2.29. The first-order valence-corrected chi connectivity index (χ1v) is 14.9. The number of methoxy groups -OCH3 is 1. The van der Waals surface area contributed by atoms with E-state index in [4.69, 9.17) is 14.2 Å². The molecule has 37 heavy (non-hydrogen) atoms. The molecular formula is C28H39FN2O5S. The summed E-state index contributed by atoms with van der Waals surface area (Å²) >= 11 is 0. The molecule has 2 atom stereocenters. The number of nitrogens with zero attached hydrogens (tertiary/aromatic N) is 2. The predicted molar refractivity (Wildman–Crippen MR) is 142 cm³/mol. The molecule has 2 aliphatic heterocycles. The summed E-state index contributed by atoms with van der Waals surface area (Å²) in [6, 6.07) is 11.1. The average Bonchev–Trinajstić information content (AvgIpc) is 3.53. The lowest BCUT2D eigenvalue weighted by Crippen LogP contribution is -2.40. The van der Waals surface area contributed by atoms with Crippen molar-refractivity contribution in [2.45, 2.75) is 57.9 Å². The molecule has 0 saturated carbocycles. The Labute approximate surface area is 220 Å². The Hall–Kier alpha value is -2.36. The van der Waals surface area contributed by atoms with Gasteiger partial charge in [0.15, 0.2) is 23.1 Å². The van der Waals surface area contributed by atoms with Gasteiger partial charge in [-0.25, -0.2) is 17.1 Å². The van der Waals surface area contributed by atoms with E-state index in [2.05, 4.69) is 17.9 Å². The molecule has 0 radical (unpaired) electrons. The predicted octanol–water partition coefficient (Wildman–Crippen LogP) is 5.33. The smallest absolute Gasteiger partial charge is 0.231 e. The first-order valence-electron chi connectivity index (χ1n) is 13.3. The Bertz CT molecular complexity index is 1160. The van der Waals surface area contributed by atoms with Gasteiger partial charge in [0.25, 0.3) is 0 Å². The van der Waals surface area contributed by atoms with Crippen molar-refractivity contribution in [2.75, 3.05) is 45.8 Å². The molecule has 0 bridgehead atoms. The maximum Gasteiger partial charge on any atom is 0.231 e. The topological polar surface area (TPSA) is 68.3 Å². The van der Waals surface area contributed by atoms with E-state index in [-0.39, 0.29) is 30.3 Å². The van der Waals surface area contributed by atoms with Crippen molar-refractivity contribution in [2.24, 2.45) is 0 Å². The molecule has 0 aromatic heterocycles. The molecule has 1 fully saturated rings. The number of unbranched alkanes of at least 4 members (excludes halogenated alkanes) is 2. The highest BCUT2D eigenvalue weighted by atomic mass is 32.2. The second-order valence-electron chi connectivity index (χ2n) is 9.87. The Morgan fingerprint density at radius 1 is 1.03 bits per heavy atom. The number of fused-ring (bicyclic) bond motifs is 1. The monoisotopic (exact) mass is 534 g/mol. The highest BCUT2D eigenvalue weighted by molar-refractivity contribution is 7.89. The van der Waals surface area contributed by atoms with Gasteiger partial charge < -0.3 is 14.2 Å². The minimum Gasteiger partial charge on any atom is -0.494 e. The first-order chi connectivity index (χ1) is 17.9. The van der Waals surface area contributed by atoms with Crippen LogP contribution in [0.1, 0.15) is 69.0 Å². The average molecular weight is 535 g/mol. The third-order valence-corrected chi connectivity index (χ3v) is 9.30. The maximum absolute atomic E-state index is 14.7. The Kier molecular flexibility index (Phi) is 9.31. The number of likely N-dealkylation sites (tertiary alicyclic amines) is 1. The standard InChI is InChI=1S/C28H39FN2O5S/c1-4-6-7-15-37(32,33)31(12-5-2)14-13-30-19-23(21-8-11-27-28(18-21)36-20-35-27)17-25(30)22-9-10-26(34-3)24(29)16-22/h8-11,16,18,23,25H,4-7,12-15,17,19-20H2,1-3H3/t23-,25+/m0/s1. The van der Waals surface area contributed by atoms with Gasteiger partial charge in [-0.2, -0.15) is 0 Å². The van der Waals surface area contributed by atoms with Crippen molar-refractivity contribution < 1.29 is 27.0 Å². The molecule has 204 valence electrons. The second-order valence-corrected chi connectivity index (χ2v) is 12.0. The van der Waals surface area contributed by atoms with Gasteiger partial charge in [-0.05, 0) is 60.6 Å². The lowest BCUT2D eigenvalue weighted by atomic mass is 9.93. The summed E-state index contributed by atoms with van der Waals surface area (Å²) < 4.78 is 58.6. The van der Waals surface area contributed by atoms with E-state index in [1.807, 2.05) is 25.1 Å². The highest BCUT2D eigenvalue weighted by Crippen LogP contribution is 2.43. The third-order valence-electron chi connectivity index (χ3n) is 7.34. The summed E-state index contributed by atoms with van der Waals surface area (Å²) in [6.07, 6.45) is 4.14. The summed E-state index contributed by atoms with van der Waals surface area (Å²) in [5.41, 5.74) is 2.01. The van der Waals surface area contributed by atoms with Gasteiger partial charge >= 0.3 is 0 Å². The van der Waals surface area contributed by atoms with Crippen LogP contribution in [0.5, 0.6) is 17.2 Å². The van der Waals surface area contributed by atoms with Crippen LogP contribution in [0.25, 0.3) is 0 Å². The van der Waals surface area contributed by atoms with Crippen molar-refractivity contribution in [1.82, 2.24) is 9.21 Å². The highest BCUT2D eigenvalue weighted by Gasteiger charge is 2.35. The van der Waals surface area contributed by atoms with E-state index in [1.54, 1.807) is 16.4 Å². The van der Waals surface area contributed by atoms with Gasteiger partial charge in [-0.1, -0.05) is 38.8 Å². The van der Waals surface area contributed by atoms with Crippen LogP contribution in [0.3, 0.4) is 0 Å². The molecule has 2 heterocycles. The van der Waals surface area contributed by atoms with Crippen molar-refractivity contribution >= 4 is 10.0 Å². The molecule has 0 N–H and O–H groups in total. The Balaban J connectivity index is 1.55. The minimum absolute atomic E-state index is 0.0397. The molecule has 0 aliphatic carbocycles. The molecule has 0 amide bonds. The van der Waals surface area contributed by atoms with Crippen LogP contribution in [0.15, 0.2) is 36.4 Å². The van der Waals surface area contributed by atoms with Gasteiger partial charge in [0.05, 0.1) is 12.9 Å². The van der Waals surface area contributed by atoms with Crippen molar-refractivity contribution in [3.05, 3.63) is 53.3 Å². The molecule has 0 unspecified atom stereocenters. The van der Waals surface area contributed by atoms with Gasteiger partial charge in [-0.15, -0.1) is 0 Å². The SMILES string of the molecule is CCCCCS(=O)(=O)N(CCC)CCN1C[C@@H](c2ccc3c(c2)OCO3)C[C@@H]1c1ccc(OC)c(F)c1. The maximum atomic E-state index is 14.7. The summed E-state index contributed by atoms with van der Waals surface area (Å²) in [5, 5.41) is 0. The van der Waals surface area contributed by atoms with Gasteiger partial charge in [0.1, 0.15) is 0 Å². The summed E-state index contributed by atoms with van der Waals surface area (Å²) in [4.78, 5) is 2.29. The molecule has 1 saturated heterocycles. The molecule has 2 aromatic carbocycles. The number of rotatable bonds is 13.